The summed E-state index contributed by atoms with van der Waals surface area (Å²) in [7, 11) is 2.02. The van der Waals surface area contributed by atoms with Gasteiger partial charge >= 0.3 is 0 Å². The fourth-order valence-corrected chi connectivity index (χ4v) is 1.69. The normalized spacial score (nSPS) is 13.3. The van der Waals surface area contributed by atoms with Crippen molar-refractivity contribution < 1.29 is 10.4 Å². The van der Waals surface area contributed by atoms with Crippen LogP contribution in [0.4, 0.5) is 0 Å². The molecule has 0 saturated heterocycles. The molecule has 1 rings (SSSR count). The van der Waals surface area contributed by atoms with E-state index in [1.807, 2.05) is 24.6 Å². The number of hydrogen-bond donors (Lipinski definition) is 2. The molecule has 1 aromatic heterocycles. The van der Waals surface area contributed by atoms with Crippen molar-refractivity contribution in [3.05, 3.63) is 22.4 Å². The molecular formula is C8H14NOS+. The van der Waals surface area contributed by atoms with Crippen LogP contribution in [0.2, 0.25) is 0 Å². The smallest absolute Gasteiger partial charge is 0.0935 e. The molecule has 0 fully saturated rings. The summed E-state index contributed by atoms with van der Waals surface area (Å²) in [5.74, 6) is 0. The third-order valence-corrected chi connectivity index (χ3v) is 2.57. The van der Waals surface area contributed by atoms with Gasteiger partial charge in [-0.1, -0.05) is 6.07 Å². The largest absolute Gasteiger partial charge is 0.387 e. The highest BCUT2D eigenvalue weighted by atomic mass is 32.1. The lowest BCUT2D eigenvalue weighted by Gasteiger charge is -2.04. The predicted molar refractivity (Wildman–Crippen MR) is 46.6 cm³/mol. The highest BCUT2D eigenvalue weighted by Gasteiger charge is 2.07. The Morgan fingerprint density at radius 1 is 1.73 bits per heavy atom. The van der Waals surface area contributed by atoms with Crippen molar-refractivity contribution in [3.8, 4) is 0 Å². The van der Waals surface area contributed by atoms with E-state index in [1.165, 1.54) is 0 Å². The summed E-state index contributed by atoms with van der Waals surface area (Å²) in [6, 6.07) is 3.95. The van der Waals surface area contributed by atoms with Gasteiger partial charge in [0, 0.05) is 11.3 Å². The number of aliphatic hydroxyl groups excluding tert-OH is 1. The van der Waals surface area contributed by atoms with E-state index >= 15 is 0 Å². The fourth-order valence-electron chi connectivity index (χ4n) is 0.948. The molecule has 1 heterocycles. The van der Waals surface area contributed by atoms with Crippen LogP contribution in [0, 0.1) is 0 Å². The van der Waals surface area contributed by atoms with Crippen molar-refractivity contribution in [2.24, 2.45) is 0 Å². The predicted octanol–water partition coefficient (Wildman–Crippen LogP) is 0.365. The number of nitrogens with two attached hydrogens (primary N) is 1. The minimum absolute atomic E-state index is 0.258. The van der Waals surface area contributed by atoms with Gasteiger partial charge in [-0.15, -0.1) is 11.3 Å². The molecule has 0 saturated carbocycles. The summed E-state index contributed by atoms with van der Waals surface area (Å²) in [5.41, 5.74) is 0. The Balaban J connectivity index is 2.36. The molecule has 0 bridgehead atoms. The molecule has 0 amide bonds. The van der Waals surface area contributed by atoms with Gasteiger partial charge in [0.05, 0.1) is 19.7 Å². The first-order chi connectivity index (χ1) is 5.34. The van der Waals surface area contributed by atoms with Crippen molar-refractivity contribution in [2.45, 2.75) is 12.5 Å². The van der Waals surface area contributed by atoms with Crippen molar-refractivity contribution in [3.63, 3.8) is 0 Å². The molecule has 0 radical (unpaired) electrons. The average Bonchev–Trinajstić information content (AvgIpc) is 2.52. The molecule has 62 valence electrons. The van der Waals surface area contributed by atoms with Crippen molar-refractivity contribution in [1.29, 1.82) is 0 Å². The molecule has 11 heavy (non-hydrogen) atoms. The maximum absolute atomic E-state index is 9.53. The Bertz CT molecular complexity index is 186. The first kappa shape index (κ1) is 8.71. The minimum atomic E-state index is -0.258. The lowest BCUT2D eigenvalue weighted by Crippen LogP contribution is -2.79. The van der Waals surface area contributed by atoms with Gasteiger partial charge in [0.2, 0.25) is 0 Å². The van der Waals surface area contributed by atoms with Gasteiger partial charge in [0.15, 0.2) is 0 Å². The van der Waals surface area contributed by atoms with Crippen LogP contribution < -0.4 is 5.32 Å². The fraction of sp³-hybridized carbons (Fsp3) is 0.500. The van der Waals surface area contributed by atoms with Crippen LogP contribution >= 0.6 is 11.3 Å². The van der Waals surface area contributed by atoms with Gasteiger partial charge in [-0.25, -0.2) is 0 Å². The third-order valence-electron chi connectivity index (χ3n) is 1.60. The summed E-state index contributed by atoms with van der Waals surface area (Å²) in [4.78, 5) is 1.08. The van der Waals surface area contributed by atoms with Crippen LogP contribution in [0.5, 0.6) is 0 Å². The van der Waals surface area contributed by atoms with Crippen molar-refractivity contribution >= 4 is 11.3 Å². The third kappa shape index (κ3) is 2.61. The van der Waals surface area contributed by atoms with Crippen LogP contribution in [0.15, 0.2) is 17.5 Å². The number of aliphatic hydroxyl groups is 1. The van der Waals surface area contributed by atoms with Gasteiger partial charge in [0.25, 0.3) is 0 Å². The average molecular weight is 172 g/mol. The van der Waals surface area contributed by atoms with E-state index in [9.17, 15) is 5.11 Å². The maximum Gasteiger partial charge on any atom is 0.0935 e. The van der Waals surface area contributed by atoms with Gasteiger partial charge in [-0.05, 0) is 11.4 Å². The first-order valence-corrected chi connectivity index (χ1v) is 4.72. The molecule has 0 aliphatic heterocycles. The van der Waals surface area contributed by atoms with E-state index < -0.39 is 0 Å². The van der Waals surface area contributed by atoms with Crippen molar-refractivity contribution in [2.75, 3.05) is 13.6 Å². The second kappa shape index (κ2) is 4.49. The molecule has 0 spiro atoms. The summed E-state index contributed by atoms with van der Waals surface area (Å²) in [6.45, 7) is 0.985. The molecule has 0 aliphatic carbocycles. The first-order valence-electron chi connectivity index (χ1n) is 3.84. The highest BCUT2D eigenvalue weighted by Crippen LogP contribution is 2.20. The number of hydrogen-bond acceptors (Lipinski definition) is 2. The Kier molecular flexibility index (Phi) is 3.56. The van der Waals surface area contributed by atoms with E-state index in [-0.39, 0.29) is 6.10 Å². The number of thiophene rings is 1. The van der Waals surface area contributed by atoms with E-state index in [2.05, 4.69) is 5.32 Å². The van der Waals surface area contributed by atoms with E-state index in [0.717, 1.165) is 17.8 Å². The second-order valence-electron chi connectivity index (χ2n) is 2.52. The topological polar surface area (TPSA) is 36.8 Å². The van der Waals surface area contributed by atoms with Gasteiger partial charge in [-0.3, -0.25) is 0 Å². The van der Waals surface area contributed by atoms with Gasteiger partial charge in [0.1, 0.15) is 0 Å². The molecule has 2 nitrogen and oxygen atoms in total. The Morgan fingerprint density at radius 2 is 2.55 bits per heavy atom. The molecule has 3 N–H and O–H groups in total. The van der Waals surface area contributed by atoms with Crippen molar-refractivity contribution in [1.82, 2.24) is 0 Å². The maximum atomic E-state index is 9.53. The van der Waals surface area contributed by atoms with E-state index in [1.54, 1.807) is 11.3 Å². The van der Waals surface area contributed by atoms with Crippen LogP contribution in [0.25, 0.3) is 0 Å². The lowest BCUT2D eigenvalue weighted by atomic mass is 10.2. The standard InChI is InChI=1S/C8H13NOS/c1-9-5-4-7(10)8-3-2-6-11-8/h2-3,6-7,9-10H,4-5H2,1H3/p+1. The zero-order valence-corrected chi connectivity index (χ0v) is 7.47. The number of quaternary nitrogens is 1. The van der Waals surface area contributed by atoms with Crippen LogP contribution in [0.3, 0.4) is 0 Å². The molecular weight excluding hydrogens is 158 g/mol. The molecule has 0 aliphatic rings. The number of rotatable bonds is 4. The van der Waals surface area contributed by atoms with E-state index in [0.29, 0.717) is 0 Å². The minimum Gasteiger partial charge on any atom is -0.387 e. The second-order valence-corrected chi connectivity index (χ2v) is 3.50. The van der Waals surface area contributed by atoms with Crippen LogP contribution in [0.1, 0.15) is 17.4 Å². The molecule has 1 aromatic rings. The quantitative estimate of drug-likeness (QED) is 0.676. The summed E-state index contributed by atoms with van der Waals surface area (Å²) >= 11 is 1.62. The molecule has 0 aromatic carbocycles. The zero-order valence-electron chi connectivity index (χ0n) is 6.66. The van der Waals surface area contributed by atoms with Gasteiger partial charge < -0.3 is 10.4 Å². The summed E-state index contributed by atoms with van der Waals surface area (Å²) < 4.78 is 0. The van der Waals surface area contributed by atoms with Gasteiger partial charge in [-0.2, -0.15) is 0 Å². The summed E-state index contributed by atoms with van der Waals surface area (Å²) in [5, 5.41) is 13.6. The zero-order chi connectivity index (χ0) is 8.10. The lowest BCUT2D eigenvalue weighted by molar-refractivity contribution is -0.628. The Labute approximate surface area is 70.9 Å². The molecule has 1 unspecified atom stereocenters. The Hall–Kier alpha value is -0.380. The molecule has 1 atom stereocenters. The molecule has 3 heteroatoms. The SMILES string of the molecule is C[NH2+]CCC(O)c1cccs1. The Morgan fingerprint density at radius 3 is 3.09 bits per heavy atom. The van der Waals surface area contributed by atoms with Crippen LogP contribution in [-0.4, -0.2) is 18.7 Å². The van der Waals surface area contributed by atoms with Crippen LogP contribution in [-0.2, 0) is 0 Å². The highest BCUT2D eigenvalue weighted by molar-refractivity contribution is 7.10. The summed E-state index contributed by atoms with van der Waals surface area (Å²) in [6.07, 6.45) is 0.586. The van der Waals surface area contributed by atoms with E-state index in [4.69, 9.17) is 0 Å². The monoisotopic (exact) mass is 172 g/mol.